The summed E-state index contributed by atoms with van der Waals surface area (Å²) >= 11 is 1.58. The van der Waals surface area contributed by atoms with Crippen molar-refractivity contribution in [1.82, 2.24) is 15.3 Å². The number of aromatic nitrogens is 2. The van der Waals surface area contributed by atoms with Crippen molar-refractivity contribution in [3.63, 3.8) is 0 Å². The Morgan fingerprint density at radius 2 is 1.92 bits per heavy atom. The van der Waals surface area contributed by atoms with E-state index in [4.69, 9.17) is 0 Å². The Kier molecular flexibility index (Phi) is 4.49. The largest absolute Gasteiger partial charge is 0.360 e. The first kappa shape index (κ1) is 16.4. The van der Waals surface area contributed by atoms with Gasteiger partial charge < -0.3 is 10.6 Å². The quantitative estimate of drug-likeness (QED) is 0.760. The van der Waals surface area contributed by atoms with Gasteiger partial charge in [-0.25, -0.2) is 9.97 Å². The van der Waals surface area contributed by atoms with Crippen LogP contribution in [0.4, 0.5) is 5.82 Å². The average molecular weight is 340 g/mol. The molecule has 0 saturated carbocycles. The lowest BCUT2D eigenvalue weighted by atomic mass is 10.1. The monoisotopic (exact) mass is 340 g/mol. The van der Waals surface area contributed by atoms with Crippen LogP contribution >= 0.6 is 11.3 Å². The Morgan fingerprint density at radius 1 is 1.17 bits per heavy atom. The molecule has 2 aromatic heterocycles. The van der Waals surface area contributed by atoms with E-state index < -0.39 is 0 Å². The molecule has 3 rings (SSSR count). The van der Waals surface area contributed by atoms with Gasteiger partial charge in [-0.15, -0.1) is 11.3 Å². The molecule has 0 aliphatic heterocycles. The number of thiophene rings is 1. The lowest BCUT2D eigenvalue weighted by Gasteiger charge is -2.20. The van der Waals surface area contributed by atoms with Crippen molar-refractivity contribution >= 4 is 33.3 Å². The fraction of sp³-hybridized carbons (Fsp3) is 0.278. The van der Waals surface area contributed by atoms with Crippen molar-refractivity contribution in [2.24, 2.45) is 0 Å². The molecule has 2 N–H and O–H groups in total. The average Bonchev–Trinajstić information content (AvgIpc) is 2.97. The second-order valence-corrected chi connectivity index (χ2v) is 7.43. The zero-order chi connectivity index (χ0) is 17.2. The maximum absolute atomic E-state index is 12.0. The van der Waals surface area contributed by atoms with Crippen LogP contribution in [-0.4, -0.2) is 28.0 Å². The maximum atomic E-state index is 12.0. The van der Waals surface area contributed by atoms with Crippen molar-refractivity contribution in [1.29, 1.82) is 0 Å². The molecule has 124 valence electrons. The third-order valence-electron chi connectivity index (χ3n) is 3.39. The van der Waals surface area contributed by atoms with E-state index >= 15 is 0 Å². The number of hydrogen-bond acceptors (Lipinski definition) is 5. The van der Waals surface area contributed by atoms with Gasteiger partial charge in [0, 0.05) is 16.5 Å². The first-order valence-corrected chi connectivity index (χ1v) is 8.64. The van der Waals surface area contributed by atoms with E-state index in [0.29, 0.717) is 5.82 Å². The van der Waals surface area contributed by atoms with E-state index in [1.54, 1.807) is 11.3 Å². The summed E-state index contributed by atoms with van der Waals surface area (Å²) in [5.74, 6) is 0.620. The van der Waals surface area contributed by atoms with Gasteiger partial charge in [0.05, 0.1) is 11.9 Å². The summed E-state index contributed by atoms with van der Waals surface area (Å²) in [6.45, 7) is 6.05. The molecule has 1 amide bonds. The summed E-state index contributed by atoms with van der Waals surface area (Å²) < 4.78 is 0. The van der Waals surface area contributed by atoms with Crippen molar-refractivity contribution in [3.8, 4) is 11.1 Å². The normalized spacial score (nSPS) is 11.5. The van der Waals surface area contributed by atoms with Crippen molar-refractivity contribution in [2.75, 3.05) is 11.9 Å². The molecule has 3 aromatic rings. The van der Waals surface area contributed by atoms with Crippen LogP contribution in [0.1, 0.15) is 20.8 Å². The van der Waals surface area contributed by atoms with Crippen molar-refractivity contribution < 1.29 is 4.79 Å². The molecule has 0 atom stereocenters. The van der Waals surface area contributed by atoms with E-state index in [1.165, 1.54) is 6.33 Å². The molecule has 0 spiro atoms. The van der Waals surface area contributed by atoms with Crippen LogP contribution < -0.4 is 10.6 Å². The molecular weight excluding hydrogens is 320 g/mol. The van der Waals surface area contributed by atoms with Gasteiger partial charge in [0.25, 0.3) is 0 Å². The van der Waals surface area contributed by atoms with Gasteiger partial charge >= 0.3 is 0 Å². The van der Waals surface area contributed by atoms with E-state index in [-0.39, 0.29) is 18.0 Å². The summed E-state index contributed by atoms with van der Waals surface area (Å²) in [4.78, 5) is 21.6. The SMILES string of the molecule is CC(C)(C)NC(=O)CNc1ncnc2scc(-c3ccccc3)c12. The molecule has 5 nitrogen and oxygen atoms in total. The van der Waals surface area contributed by atoms with E-state index in [0.717, 1.165) is 21.3 Å². The van der Waals surface area contributed by atoms with Crippen molar-refractivity contribution in [2.45, 2.75) is 26.3 Å². The fourth-order valence-electron chi connectivity index (χ4n) is 2.47. The smallest absolute Gasteiger partial charge is 0.239 e. The summed E-state index contributed by atoms with van der Waals surface area (Å²) in [5, 5.41) is 9.12. The number of fused-ring (bicyclic) bond motifs is 1. The Hall–Kier alpha value is -2.47. The van der Waals surface area contributed by atoms with Crippen molar-refractivity contribution in [3.05, 3.63) is 42.0 Å². The molecule has 24 heavy (non-hydrogen) atoms. The molecular formula is C18H20N4OS. The summed E-state index contributed by atoms with van der Waals surface area (Å²) in [6.07, 6.45) is 1.53. The Balaban J connectivity index is 1.89. The van der Waals surface area contributed by atoms with Crippen LogP contribution in [0.2, 0.25) is 0 Å². The minimum absolute atomic E-state index is 0.0641. The molecule has 0 radical (unpaired) electrons. The zero-order valence-electron chi connectivity index (χ0n) is 14.0. The van der Waals surface area contributed by atoms with E-state index in [9.17, 15) is 4.79 Å². The van der Waals surface area contributed by atoms with Gasteiger partial charge in [-0.2, -0.15) is 0 Å². The molecule has 1 aromatic carbocycles. The van der Waals surface area contributed by atoms with Gasteiger partial charge in [-0.05, 0) is 26.3 Å². The molecule has 0 saturated heterocycles. The number of hydrogen-bond donors (Lipinski definition) is 2. The Morgan fingerprint density at radius 3 is 2.62 bits per heavy atom. The molecule has 0 fully saturated rings. The van der Waals surface area contributed by atoms with Gasteiger partial charge in [0.1, 0.15) is 17.0 Å². The fourth-order valence-corrected chi connectivity index (χ4v) is 3.38. The second-order valence-electron chi connectivity index (χ2n) is 6.57. The number of nitrogens with zero attached hydrogens (tertiary/aromatic N) is 2. The van der Waals surface area contributed by atoms with E-state index in [1.807, 2.05) is 39.0 Å². The highest BCUT2D eigenvalue weighted by Gasteiger charge is 2.16. The number of amides is 1. The highest BCUT2D eigenvalue weighted by molar-refractivity contribution is 7.17. The topological polar surface area (TPSA) is 66.9 Å². The van der Waals surface area contributed by atoms with Crippen LogP contribution in [0, 0.1) is 0 Å². The lowest BCUT2D eigenvalue weighted by molar-refractivity contribution is -0.120. The molecule has 0 aliphatic rings. The minimum Gasteiger partial charge on any atom is -0.360 e. The summed E-state index contributed by atoms with van der Waals surface area (Å²) in [7, 11) is 0. The zero-order valence-corrected chi connectivity index (χ0v) is 14.8. The Bertz CT molecular complexity index is 852. The summed E-state index contributed by atoms with van der Waals surface area (Å²) in [6, 6.07) is 10.1. The molecule has 0 bridgehead atoms. The first-order valence-electron chi connectivity index (χ1n) is 7.76. The summed E-state index contributed by atoms with van der Waals surface area (Å²) in [5.41, 5.74) is 1.94. The number of carbonyl (C=O) groups excluding carboxylic acids is 1. The number of carbonyl (C=O) groups is 1. The second kappa shape index (κ2) is 6.57. The first-order chi connectivity index (χ1) is 11.4. The molecule has 2 heterocycles. The van der Waals surface area contributed by atoms with Crippen LogP contribution in [0.3, 0.4) is 0 Å². The lowest BCUT2D eigenvalue weighted by Crippen LogP contribution is -2.43. The van der Waals surface area contributed by atoms with Gasteiger partial charge in [0.2, 0.25) is 5.91 Å². The molecule has 6 heteroatoms. The number of nitrogens with one attached hydrogen (secondary N) is 2. The molecule has 0 unspecified atom stereocenters. The standard InChI is InChI=1S/C18H20N4OS/c1-18(2,3)22-14(23)9-19-16-15-13(12-7-5-4-6-8-12)10-24-17(15)21-11-20-16/h4-8,10-11H,9H2,1-3H3,(H,22,23)(H,19,20,21). The number of anilines is 1. The van der Waals surface area contributed by atoms with Gasteiger partial charge in [0.15, 0.2) is 0 Å². The number of rotatable bonds is 4. The predicted molar refractivity (Wildman–Crippen MR) is 99.2 cm³/mol. The molecule has 0 aliphatic carbocycles. The highest BCUT2D eigenvalue weighted by atomic mass is 32.1. The van der Waals surface area contributed by atoms with Gasteiger partial charge in [-0.1, -0.05) is 30.3 Å². The minimum atomic E-state index is -0.253. The third-order valence-corrected chi connectivity index (χ3v) is 4.27. The van der Waals surface area contributed by atoms with Crippen LogP contribution in [0.25, 0.3) is 21.3 Å². The van der Waals surface area contributed by atoms with E-state index in [2.05, 4.69) is 38.1 Å². The highest BCUT2D eigenvalue weighted by Crippen LogP contribution is 2.36. The predicted octanol–water partition coefficient (Wildman–Crippen LogP) is 3.68. The van der Waals surface area contributed by atoms with Crippen LogP contribution in [0.15, 0.2) is 42.0 Å². The van der Waals surface area contributed by atoms with Crippen LogP contribution in [0.5, 0.6) is 0 Å². The Labute approximate surface area is 145 Å². The van der Waals surface area contributed by atoms with Crippen LogP contribution in [-0.2, 0) is 4.79 Å². The van der Waals surface area contributed by atoms with Gasteiger partial charge in [-0.3, -0.25) is 4.79 Å². The number of benzene rings is 1. The maximum Gasteiger partial charge on any atom is 0.239 e. The third kappa shape index (κ3) is 3.71.